The van der Waals surface area contributed by atoms with Crippen LogP contribution in [0, 0.1) is 0 Å². The van der Waals surface area contributed by atoms with Crippen molar-refractivity contribution in [3.63, 3.8) is 0 Å². The second-order valence-corrected chi connectivity index (χ2v) is 5.53. The van der Waals surface area contributed by atoms with Crippen molar-refractivity contribution in [2.45, 2.75) is 31.1 Å². The fourth-order valence-corrected chi connectivity index (χ4v) is 2.88. The van der Waals surface area contributed by atoms with Crippen LogP contribution in [0.2, 0.25) is 0 Å². The predicted octanol–water partition coefficient (Wildman–Crippen LogP) is 4.76. The molecular weight excluding hydrogens is 270 g/mol. The number of halogens is 1. The highest BCUT2D eigenvalue weighted by Gasteiger charge is 2.21. The Hall–Kier alpha value is -1.54. The molecule has 1 heterocycles. The smallest absolute Gasteiger partial charge is 0.119 e. The monoisotopic (exact) mass is 287 g/mol. The molecule has 104 valence electrons. The average molecular weight is 288 g/mol. The number of pyridine rings is 1. The zero-order chi connectivity index (χ0) is 13.9. The molecule has 0 radical (unpaired) electrons. The van der Waals surface area contributed by atoms with E-state index in [0.29, 0.717) is 11.8 Å². The molecule has 1 aliphatic carbocycles. The normalized spacial score (nSPS) is 14.9. The molecule has 2 aromatic rings. The highest BCUT2D eigenvalue weighted by atomic mass is 35.5. The lowest BCUT2D eigenvalue weighted by Gasteiger charge is -2.26. The number of ether oxygens (including phenoxy) is 1. The maximum absolute atomic E-state index is 6.03. The minimum atomic E-state index is 0.471. The van der Waals surface area contributed by atoms with E-state index in [4.69, 9.17) is 16.3 Å². The van der Waals surface area contributed by atoms with E-state index in [2.05, 4.69) is 17.1 Å². The van der Waals surface area contributed by atoms with Gasteiger partial charge in [-0.3, -0.25) is 4.98 Å². The Morgan fingerprint density at radius 3 is 2.80 bits per heavy atom. The van der Waals surface area contributed by atoms with E-state index in [9.17, 15) is 0 Å². The number of alkyl halides is 1. The Balaban J connectivity index is 2.07. The van der Waals surface area contributed by atoms with E-state index in [1.165, 1.54) is 24.8 Å². The van der Waals surface area contributed by atoms with Crippen LogP contribution in [0.1, 0.15) is 36.3 Å². The largest absolute Gasteiger partial charge is 0.497 e. The van der Waals surface area contributed by atoms with Gasteiger partial charge in [0.1, 0.15) is 5.75 Å². The molecule has 0 unspecified atom stereocenters. The molecule has 3 heteroatoms. The first-order valence-corrected chi connectivity index (χ1v) is 7.54. The predicted molar refractivity (Wildman–Crippen MR) is 82.4 cm³/mol. The number of benzene rings is 1. The van der Waals surface area contributed by atoms with Gasteiger partial charge in [0.25, 0.3) is 0 Å². The summed E-state index contributed by atoms with van der Waals surface area (Å²) in [6.07, 6.45) is 5.69. The molecule has 0 N–H and O–H groups in total. The lowest BCUT2D eigenvalue weighted by atomic mass is 9.79. The molecule has 20 heavy (non-hydrogen) atoms. The zero-order valence-corrected chi connectivity index (χ0v) is 12.4. The third-order valence-electron chi connectivity index (χ3n) is 4.05. The molecule has 0 bridgehead atoms. The third-order valence-corrected chi connectivity index (χ3v) is 4.34. The standard InChI is InChI=1S/C17H18ClNO/c1-20-16-9-14(12-4-2-5-12)8-15(10-16)17-13(11-18)6-3-7-19-17/h3,6-10,12H,2,4-5,11H2,1H3. The van der Waals surface area contributed by atoms with Gasteiger partial charge in [0.15, 0.2) is 0 Å². The quantitative estimate of drug-likeness (QED) is 0.756. The SMILES string of the molecule is COc1cc(-c2ncccc2CCl)cc(C2CCC2)c1. The van der Waals surface area contributed by atoms with Crippen molar-refractivity contribution in [3.8, 4) is 17.0 Å². The van der Waals surface area contributed by atoms with Crippen LogP contribution in [0.25, 0.3) is 11.3 Å². The first kappa shape index (κ1) is 13.4. The zero-order valence-electron chi connectivity index (χ0n) is 11.6. The lowest BCUT2D eigenvalue weighted by Crippen LogP contribution is -2.09. The van der Waals surface area contributed by atoms with E-state index >= 15 is 0 Å². The fraction of sp³-hybridized carbons (Fsp3) is 0.353. The van der Waals surface area contributed by atoms with Gasteiger partial charge in [0.05, 0.1) is 12.8 Å². The molecule has 2 nitrogen and oxygen atoms in total. The molecule has 0 atom stereocenters. The van der Waals surface area contributed by atoms with Gasteiger partial charge in [-0.05, 0) is 54.2 Å². The Kier molecular flexibility index (Phi) is 3.93. The highest BCUT2D eigenvalue weighted by molar-refractivity contribution is 6.17. The molecular formula is C17H18ClNO. The number of rotatable bonds is 4. The van der Waals surface area contributed by atoms with Crippen molar-refractivity contribution in [2.75, 3.05) is 7.11 Å². The van der Waals surface area contributed by atoms with E-state index < -0.39 is 0 Å². The van der Waals surface area contributed by atoms with Crippen LogP contribution in [0.4, 0.5) is 0 Å². The van der Waals surface area contributed by atoms with Crippen molar-refractivity contribution in [3.05, 3.63) is 47.7 Å². The minimum absolute atomic E-state index is 0.471. The van der Waals surface area contributed by atoms with Gasteiger partial charge in [0.2, 0.25) is 0 Å². The van der Waals surface area contributed by atoms with E-state index in [-0.39, 0.29) is 0 Å². The molecule has 0 spiro atoms. The Bertz CT molecular complexity index is 608. The summed E-state index contributed by atoms with van der Waals surface area (Å²) >= 11 is 6.03. The van der Waals surface area contributed by atoms with Crippen LogP contribution in [0.3, 0.4) is 0 Å². The van der Waals surface area contributed by atoms with Gasteiger partial charge in [-0.2, -0.15) is 0 Å². The number of methoxy groups -OCH3 is 1. The fourth-order valence-electron chi connectivity index (χ4n) is 2.66. The second kappa shape index (κ2) is 5.84. The highest BCUT2D eigenvalue weighted by Crippen LogP contribution is 2.39. The summed E-state index contributed by atoms with van der Waals surface area (Å²) in [7, 11) is 1.71. The van der Waals surface area contributed by atoms with Crippen LogP contribution >= 0.6 is 11.6 Å². The number of hydrogen-bond acceptors (Lipinski definition) is 2. The lowest BCUT2D eigenvalue weighted by molar-refractivity contribution is 0.402. The van der Waals surface area contributed by atoms with Gasteiger partial charge >= 0.3 is 0 Å². The first-order chi connectivity index (χ1) is 9.81. The molecule has 1 aromatic carbocycles. The Morgan fingerprint density at radius 2 is 2.15 bits per heavy atom. The van der Waals surface area contributed by atoms with E-state index in [1.54, 1.807) is 7.11 Å². The minimum Gasteiger partial charge on any atom is -0.497 e. The maximum Gasteiger partial charge on any atom is 0.119 e. The van der Waals surface area contributed by atoms with Crippen molar-refractivity contribution < 1.29 is 4.74 Å². The van der Waals surface area contributed by atoms with Crippen LogP contribution in [0.5, 0.6) is 5.75 Å². The number of nitrogens with zero attached hydrogens (tertiary/aromatic N) is 1. The van der Waals surface area contributed by atoms with Crippen molar-refractivity contribution >= 4 is 11.6 Å². The van der Waals surface area contributed by atoms with Crippen molar-refractivity contribution in [1.29, 1.82) is 0 Å². The summed E-state index contributed by atoms with van der Waals surface area (Å²) < 4.78 is 5.45. The molecule has 1 saturated carbocycles. The summed E-state index contributed by atoms with van der Waals surface area (Å²) in [6, 6.07) is 10.4. The van der Waals surface area contributed by atoms with Gasteiger partial charge < -0.3 is 4.74 Å². The number of hydrogen-bond donors (Lipinski definition) is 0. The first-order valence-electron chi connectivity index (χ1n) is 7.01. The van der Waals surface area contributed by atoms with Crippen LogP contribution in [-0.4, -0.2) is 12.1 Å². The Morgan fingerprint density at radius 1 is 1.30 bits per heavy atom. The molecule has 3 rings (SSSR count). The average Bonchev–Trinajstić information content (AvgIpc) is 2.45. The second-order valence-electron chi connectivity index (χ2n) is 5.27. The van der Waals surface area contributed by atoms with E-state index in [0.717, 1.165) is 22.6 Å². The van der Waals surface area contributed by atoms with Crippen LogP contribution in [-0.2, 0) is 5.88 Å². The maximum atomic E-state index is 6.03. The summed E-state index contributed by atoms with van der Waals surface area (Å²) in [5.74, 6) is 2.04. The van der Waals surface area contributed by atoms with Crippen molar-refractivity contribution in [1.82, 2.24) is 4.98 Å². The molecule has 0 saturated heterocycles. The molecule has 1 aromatic heterocycles. The van der Waals surface area contributed by atoms with Crippen LogP contribution < -0.4 is 4.74 Å². The molecule has 1 aliphatic rings. The van der Waals surface area contributed by atoms with E-state index in [1.807, 2.05) is 24.4 Å². The molecule has 1 fully saturated rings. The third kappa shape index (κ3) is 2.53. The van der Waals surface area contributed by atoms with Gasteiger partial charge in [0, 0.05) is 17.6 Å². The van der Waals surface area contributed by atoms with Gasteiger partial charge in [-0.25, -0.2) is 0 Å². The number of aromatic nitrogens is 1. The molecule has 0 amide bonds. The molecule has 0 aliphatic heterocycles. The van der Waals surface area contributed by atoms with Crippen LogP contribution in [0.15, 0.2) is 36.5 Å². The topological polar surface area (TPSA) is 22.1 Å². The summed E-state index contributed by atoms with van der Waals surface area (Å²) in [5, 5.41) is 0. The Labute approximate surface area is 124 Å². The summed E-state index contributed by atoms with van der Waals surface area (Å²) in [6.45, 7) is 0. The summed E-state index contributed by atoms with van der Waals surface area (Å²) in [5.41, 5.74) is 4.48. The van der Waals surface area contributed by atoms with Gasteiger partial charge in [-0.15, -0.1) is 11.6 Å². The van der Waals surface area contributed by atoms with Gasteiger partial charge in [-0.1, -0.05) is 12.5 Å². The van der Waals surface area contributed by atoms with Crippen molar-refractivity contribution in [2.24, 2.45) is 0 Å². The summed E-state index contributed by atoms with van der Waals surface area (Å²) in [4.78, 5) is 4.50.